The van der Waals surface area contributed by atoms with Crippen molar-refractivity contribution in [3.63, 3.8) is 0 Å². The van der Waals surface area contributed by atoms with Crippen LogP contribution < -0.4 is 0 Å². The van der Waals surface area contributed by atoms with Gasteiger partial charge in [-0.3, -0.25) is 4.79 Å². The lowest BCUT2D eigenvalue weighted by molar-refractivity contribution is -0.0605. The molecule has 2 aliphatic heterocycles. The molecular weight excluding hydrogens is 360 g/mol. The molecule has 1 fully saturated rings. The number of ether oxygens (including phenoxy) is 1. The number of fused-ring (bicyclic) bond motifs is 3. The first kappa shape index (κ1) is 17.0. The maximum absolute atomic E-state index is 13.0. The molecule has 5 rings (SSSR count). The van der Waals surface area contributed by atoms with Crippen LogP contribution in [-0.2, 0) is 17.9 Å². The van der Waals surface area contributed by atoms with Crippen molar-refractivity contribution in [2.75, 3.05) is 13.1 Å². The van der Waals surface area contributed by atoms with Crippen molar-refractivity contribution in [2.45, 2.75) is 38.6 Å². The van der Waals surface area contributed by atoms with Gasteiger partial charge in [0, 0.05) is 18.7 Å². The second-order valence-corrected chi connectivity index (χ2v) is 7.21. The van der Waals surface area contributed by atoms with E-state index in [1.807, 2.05) is 40.8 Å². The van der Waals surface area contributed by atoms with E-state index >= 15 is 0 Å². The van der Waals surface area contributed by atoms with Gasteiger partial charge in [0.1, 0.15) is 5.82 Å². The summed E-state index contributed by atoms with van der Waals surface area (Å²) in [5.74, 6) is 0.779. The molecule has 0 N–H and O–H groups in total. The maximum atomic E-state index is 13.0. The average Bonchev–Trinajstić information content (AvgIpc) is 3.37. The molecule has 0 saturated carbocycles. The molecule has 4 heterocycles. The molecule has 28 heavy (non-hydrogen) atoms. The fraction of sp³-hybridized carbons (Fsp3) is 0.444. The molecule has 10 heteroatoms. The molecule has 3 aromatic rings. The summed E-state index contributed by atoms with van der Waals surface area (Å²) in [6.07, 6.45) is 2.61. The molecule has 0 unspecified atom stereocenters. The van der Waals surface area contributed by atoms with E-state index in [9.17, 15) is 4.79 Å². The summed E-state index contributed by atoms with van der Waals surface area (Å²) in [5.41, 5.74) is 2.67. The lowest BCUT2D eigenvalue weighted by Gasteiger charge is -2.41. The van der Waals surface area contributed by atoms with E-state index in [4.69, 9.17) is 4.74 Å². The largest absolute Gasteiger partial charge is 0.370 e. The number of likely N-dealkylation sites (tertiary alicyclic amines) is 1. The molecule has 1 amide bonds. The minimum atomic E-state index is 0.0195. The van der Waals surface area contributed by atoms with Crippen molar-refractivity contribution in [2.24, 2.45) is 0 Å². The summed E-state index contributed by atoms with van der Waals surface area (Å²) in [5, 5.41) is 19.7. The first-order valence-corrected chi connectivity index (χ1v) is 9.30. The molecule has 144 valence electrons. The van der Waals surface area contributed by atoms with Crippen molar-refractivity contribution in [1.29, 1.82) is 0 Å². The number of nitrogens with zero attached hydrogens (tertiary/aromatic N) is 8. The lowest BCUT2D eigenvalue weighted by atomic mass is 9.99. The Morgan fingerprint density at radius 1 is 1.25 bits per heavy atom. The summed E-state index contributed by atoms with van der Waals surface area (Å²) in [4.78, 5) is 14.9. The quantitative estimate of drug-likeness (QED) is 0.656. The summed E-state index contributed by atoms with van der Waals surface area (Å²) in [6, 6.07) is 7.63. The monoisotopic (exact) mass is 380 g/mol. The molecule has 0 radical (unpaired) electrons. The smallest absolute Gasteiger partial charge is 0.253 e. The van der Waals surface area contributed by atoms with Gasteiger partial charge >= 0.3 is 0 Å². The highest BCUT2D eigenvalue weighted by molar-refractivity contribution is 5.94. The third kappa shape index (κ3) is 2.95. The van der Waals surface area contributed by atoms with Crippen molar-refractivity contribution >= 4 is 5.91 Å². The van der Waals surface area contributed by atoms with E-state index in [2.05, 4.69) is 25.8 Å². The number of carbonyl (C=O) groups excluding carboxylic acids is 1. The van der Waals surface area contributed by atoms with Crippen LogP contribution in [0.2, 0.25) is 0 Å². The Kier molecular flexibility index (Phi) is 4.12. The number of hydrogen-bond donors (Lipinski definition) is 0. The van der Waals surface area contributed by atoms with Gasteiger partial charge in [-0.2, -0.15) is 0 Å². The first-order valence-electron chi connectivity index (χ1n) is 9.30. The third-order valence-corrected chi connectivity index (χ3v) is 5.46. The average molecular weight is 380 g/mol. The molecule has 1 saturated heterocycles. The van der Waals surface area contributed by atoms with E-state index in [0.717, 1.165) is 23.5 Å². The van der Waals surface area contributed by atoms with Gasteiger partial charge in [-0.1, -0.05) is 17.3 Å². The summed E-state index contributed by atoms with van der Waals surface area (Å²) < 4.78 is 9.55. The number of rotatable bonds is 3. The van der Waals surface area contributed by atoms with Crippen LogP contribution in [0.4, 0.5) is 0 Å². The predicted octanol–water partition coefficient (Wildman–Crippen LogP) is 0.607. The Morgan fingerprint density at radius 3 is 2.89 bits per heavy atom. The second kappa shape index (κ2) is 6.79. The Balaban J connectivity index is 1.30. The maximum Gasteiger partial charge on any atom is 0.253 e. The van der Waals surface area contributed by atoms with Crippen molar-refractivity contribution < 1.29 is 9.53 Å². The highest BCUT2D eigenvalue weighted by Crippen LogP contribution is 2.30. The van der Waals surface area contributed by atoms with Gasteiger partial charge in [0.25, 0.3) is 5.91 Å². The van der Waals surface area contributed by atoms with Crippen molar-refractivity contribution in [1.82, 2.24) is 40.1 Å². The zero-order valence-corrected chi connectivity index (χ0v) is 15.5. The van der Waals surface area contributed by atoms with Crippen LogP contribution in [0.3, 0.4) is 0 Å². The number of carbonyl (C=O) groups is 1. The Labute approximate surface area is 161 Å². The number of aryl methyl sites for hydroxylation is 1. The van der Waals surface area contributed by atoms with Gasteiger partial charge in [0.15, 0.2) is 0 Å². The zero-order valence-electron chi connectivity index (χ0n) is 15.5. The van der Waals surface area contributed by atoms with Crippen LogP contribution in [0.25, 0.3) is 0 Å². The van der Waals surface area contributed by atoms with Gasteiger partial charge in [-0.25, -0.2) is 9.36 Å². The van der Waals surface area contributed by atoms with E-state index < -0.39 is 0 Å². The fourth-order valence-corrected chi connectivity index (χ4v) is 3.87. The third-order valence-electron chi connectivity index (χ3n) is 5.46. The van der Waals surface area contributed by atoms with E-state index in [1.54, 1.807) is 10.9 Å². The standard InChI is InChI=1S/C18H20N8O2/c1-12-20-21-23-25(12)9-13-2-4-14(5-3-13)18(27)24-7-6-17-16(10-24)26-15(11-28-17)8-19-22-26/h2-5,8,16-17H,6-7,9-11H2,1H3/t16-,17-/m1/s1. The summed E-state index contributed by atoms with van der Waals surface area (Å²) >= 11 is 0. The fourth-order valence-electron chi connectivity index (χ4n) is 3.87. The van der Waals surface area contributed by atoms with Crippen LogP contribution >= 0.6 is 0 Å². The molecule has 2 atom stereocenters. The second-order valence-electron chi connectivity index (χ2n) is 7.21. The molecule has 0 bridgehead atoms. The van der Waals surface area contributed by atoms with Gasteiger partial charge < -0.3 is 9.64 Å². The molecular formula is C18H20N8O2. The summed E-state index contributed by atoms with van der Waals surface area (Å²) in [6.45, 7) is 4.22. The van der Waals surface area contributed by atoms with Crippen molar-refractivity contribution in [3.8, 4) is 0 Å². The first-order chi connectivity index (χ1) is 13.7. The van der Waals surface area contributed by atoms with E-state index in [0.29, 0.717) is 31.8 Å². The number of amides is 1. The molecule has 1 aromatic carbocycles. The molecule has 10 nitrogen and oxygen atoms in total. The predicted molar refractivity (Wildman–Crippen MR) is 96.3 cm³/mol. The number of hydrogen-bond acceptors (Lipinski definition) is 7. The minimum Gasteiger partial charge on any atom is -0.370 e. The molecule has 2 aliphatic rings. The van der Waals surface area contributed by atoms with Gasteiger partial charge in [0.05, 0.1) is 37.2 Å². The van der Waals surface area contributed by atoms with E-state index in [-0.39, 0.29) is 18.1 Å². The molecule has 2 aromatic heterocycles. The minimum absolute atomic E-state index is 0.0195. The number of benzene rings is 1. The van der Waals surface area contributed by atoms with Crippen LogP contribution in [-0.4, -0.2) is 65.2 Å². The highest BCUT2D eigenvalue weighted by atomic mass is 16.5. The van der Waals surface area contributed by atoms with Crippen molar-refractivity contribution in [3.05, 3.63) is 53.1 Å². The Bertz CT molecular complexity index is 995. The molecule has 0 spiro atoms. The Morgan fingerprint density at radius 2 is 2.11 bits per heavy atom. The normalized spacial score (nSPS) is 21.2. The zero-order chi connectivity index (χ0) is 19.1. The number of aromatic nitrogens is 7. The summed E-state index contributed by atoms with van der Waals surface area (Å²) in [7, 11) is 0. The lowest BCUT2D eigenvalue weighted by Crippen LogP contribution is -2.49. The number of piperidine rings is 1. The highest BCUT2D eigenvalue weighted by Gasteiger charge is 2.38. The number of tetrazole rings is 1. The van der Waals surface area contributed by atoms with Crippen LogP contribution in [0, 0.1) is 6.92 Å². The SMILES string of the molecule is Cc1nnnn1Cc1ccc(C(=O)N2CC[C@H]3OCc4cnnn4[C@@H]3C2)cc1. The Hall–Kier alpha value is -3.14. The van der Waals surface area contributed by atoms with Gasteiger partial charge in [0.2, 0.25) is 0 Å². The van der Waals surface area contributed by atoms with Crippen LogP contribution in [0.15, 0.2) is 30.5 Å². The van der Waals surface area contributed by atoms with Crippen LogP contribution in [0.5, 0.6) is 0 Å². The molecule has 0 aliphatic carbocycles. The topological polar surface area (TPSA) is 104 Å². The van der Waals surface area contributed by atoms with Crippen LogP contribution in [0.1, 0.15) is 39.9 Å². The van der Waals surface area contributed by atoms with Gasteiger partial charge in [-0.15, -0.1) is 10.2 Å². The van der Waals surface area contributed by atoms with E-state index in [1.165, 1.54) is 0 Å². The van der Waals surface area contributed by atoms with Gasteiger partial charge in [-0.05, 0) is 41.5 Å².